The maximum Gasteiger partial charge on any atom is 0.0858 e. The van der Waals surface area contributed by atoms with Crippen molar-refractivity contribution in [1.82, 2.24) is 0 Å². The van der Waals surface area contributed by atoms with E-state index in [9.17, 15) is 0 Å². The molecule has 2 aromatic rings. The summed E-state index contributed by atoms with van der Waals surface area (Å²) in [6, 6.07) is 17.8. The van der Waals surface area contributed by atoms with E-state index in [4.69, 9.17) is 0 Å². The fourth-order valence-electron chi connectivity index (χ4n) is 1.57. The first kappa shape index (κ1) is 12.3. The summed E-state index contributed by atoms with van der Waals surface area (Å²) in [6.07, 6.45) is 0. The summed E-state index contributed by atoms with van der Waals surface area (Å²) in [7, 11) is 2.07. The van der Waals surface area contributed by atoms with Crippen LogP contribution in [0, 0.1) is 0 Å². The standard InChI is InChI=1S/C15H17N3/c1-3-18(2)15-11-9-14(10-12-15)17-16-13-7-5-4-6-8-13/h4-12H,3H2,1-2H3/b17-16+. The molecule has 0 N–H and O–H groups in total. The fraction of sp³-hybridized carbons (Fsp3) is 0.200. The first-order chi connectivity index (χ1) is 8.79. The van der Waals surface area contributed by atoms with E-state index in [0.29, 0.717) is 0 Å². The fourth-order valence-corrected chi connectivity index (χ4v) is 1.57. The van der Waals surface area contributed by atoms with Gasteiger partial charge in [0.2, 0.25) is 0 Å². The molecule has 0 spiro atoms. The summed E-state index contributed by atoms with van der Waals surface area (Å²) in [5.74, 6) is 0. The van der Waals surface area contributed by atoms with Gasteiger partial charge >= 0.3 is 0 Å². The summed E-state index contributed by atoms with van der Waals surface area (Å²) < 4.78 is 0. The van der Waals surface area contributed by atoms with Crippen LogP contribution in [0.3, 0.4) is 0 Å². The number of rotatable bonds is 4. The number of nitrogens with zero attached hydrogens (tertiary/aromatic N) is 3. The number of hydrogen-bond acceptors (Lipinski definition) is 3. The minimum Gasteiger partial charge on any atom is -0.375 e. The molecule has 3 heteroatoms. The summed E-state index contributed by atoms with van der Waals surface area (Å²) in [6.45, 7) is 3.12. The van der Waals surface area contributed by atoms with Crippen LogP contribution in [0.2, 0.25) is 0 Å². The third-order valence-electron chi connectivity index (χ3n) is 2.80. The van der Waals surface area contributed by atoms with Crippen LogP contribution in [-0.4, -0.2) is 13.6 Å². The van der Waals surface area contributed by atoms with Crippen LogP contribution in [0.15, 0.2) is 64.8 Å². The van der Waals surface area contributed by atoms with Crippen LogP contribution in [0.5, 0.6) is 0 Å². The van der Waals surface area contributed by atoms with Gasteiger partial charge in [-0.3, -0.25) is 0 Å². The van der Waals surface area contributed by atoms with Crippen molar-refractivity contribution >= 4 is 17.1 Å². The van der Waals surface area contributed by atoms with Gasteiger partial charge in [0.25, 0.3) is 0 Å². The molecule has 3 nitrogen and oxygen atoms in total. The number of anilines is 1. The molecule has 0 saturated heterocycles. The van der Waals surface area contributed by atoms with E-state index in [1.165, 1.54) is 5.69 Å². The molecule has 2 rings (SSSR count). The lowest BCUT2D eigenvalue weighted by Gasteiger charge is -2.16. The molecule has 0 aromatic heterocycles. The molecule has 0 aliphatic heterocycles. The Morgan fingerprint density at radius 3 is 1.94 bits per heavy atom. The molecule has 0 aliphatic carbocycles. The van der Waals surface area contributed by atoms with Gasteiger partial charge in [0.05, 0.1) is 11.4 Å². The van der Waals surface area contributed by atoms with Crippen LogP contribution in [0.25, 0.3) is 0 Å². The topological polar surface area (TPSA) is 28.0 Å². The average Bonchev–Trinajstić information content (AvgIpc) is 2.46. The predicted molar refractivity (Wildman–Crippen MR) is 76.0 cm³/mol. The van der Waals surface area contributed by atoms with Gasteiger partial charge in [0.15, 0.2) is 0 Å². The second-order valence-electron chi connectivity index (χ2n) is 4.07. The van der Waals surface area contributed by atoms with E-state index in [0.717, 1.165) is 17.9 Å². The molecular weight excluding hydrogens is 222 g/mol. The third-order valence-corrected chi connectivity index (χ3v) is 2.80. The van der Waals surface area contributed by atoms with E-state index < -0.39 is 0 Å². The molecule has 0 aliphatic rings. The highest BCUT2D eigenvalue weighted by Crippen LogP contribution is 2.21. The Morgan fingerprint density at radius 2 is 1.39 bits per heavy atom. The van der Waals surface area contributed by atoms with Gasteiger partial charge in [-0.25, -0.2) is 0 Å². The van der Waals surface area contributed by atoms with E-state index >= 15 is 0 Å². The monoisotopic (exact) mass is 239 g/mol. The Bertz CT molecular complexity index is 503. The lowest BCUT2D eigenvalue weighted by atomic mass is 10.2. The molecule has 0 fully saturated rings. The first-order valence-corrected chi connectivity index (χ1v) is 6.07. The number of azo groups is 1. The van der Waals surface area contributed by atoms with Crippen LogP contribution in [0.1, 0.15) is 6.92 Å². The Labute approximate surface area is 108 Å². The maximum atomic E-state index is 4.21. The summed E-state index contributed by atoms with van der Waals surface area (Å²) >= 11 is 0. The molecule has 0 bridgehead atoms. The zero-order valence-corrected chi connectivity index (χ0v) is 10.7. The van der Waals surface area contributed by atoms with Crippen molar-refractivity contribution in [2.45, 2.75) is 6.92 Å². The predicted octanol–water partition coefficient (Wildman–Crippen LogP) is 4.56. The van der Waals surface area contributed by atoms with Gasteiger partial charge in [-0.05, 0) is 43.3 Å². The minimum atomic E-state index is 0.868. The molecular formula is C15H17N3. The van der Waals surface area contributed by atoms with Gasteiger partial charge in [-0.2, -0.15) is 10.2 Å². The molecule has 92 valence electrons. The Kier molecular flexibility index (Phi) is 4.07. The van der Waals surface area contributed by atoms with Crippen LogP contribution < -0.4 is 4.90 Å². The smallest absolute Gasteiger partial charge is 0.0858 e. The van der Waals surface area contributed by atoms with E-state index in [1.807, 2.05) is 42.5 Å². The number of benzene rings is 2. The van der Waals surface area contributed by atoms with Crippen molar-refractivity contribution in [1.29, 1.82) is 0 Å². The lowest BCUT2D eigenvalue weighted by molar-refractivity contribution is 0.968. The average molecular weight is 239 g/mol. The molecule has 0 saturated carbocycles. The normalized spacial score (nSPS) is 10.8. The molecule has 0 radical (unpaired) electrons. The van der Waals surface area contributed by atoms with Crippen molar-refractivity contribution in [3.63, 3.8) is 0 Å². The molecule has 0 amide bonds. The van der Waals surface area contributed by atoms with Crippen molar-refractivity contribution in [2.75, 3.05) is 18.5 Å². The summed E-state index contributed by atoms with van der Waals surface area (Å²) in [4.78, 5) is 2.18. The van der Waals surface area contributed by atoms with Gasteiger partial charge in [0.1, 0.15) is 0 Å². The van der Waals surface area contributed by atoms with Crippen molar-refractivity contribution in [2.24, 2.45) is 10.2 Å². The maximum absolute atomic E-state index is 4.21. The Balaban J connectivity index is 2.09. The third kappa shape index (κ3) is 3.17. The highest BCUT2D eigenvalue weighted by atomic mass is 15.1. The SMILES string of the molecule is CCN(C)c1ccc(/N=N/c2ccccc2)cc1. The minimum absolute atomic E-state index is 0.868. The first-order valence-electron chi connectivity index (χ1n) is 6.07. The molecule has 2 aromatic carbocycles. The van der Waals surface area contributed by atoms with Crippen molar-refractivity contribution < 1.29 is 0 Å². The van der Waals surface area contributed by atoms with Crippen molar-refractivity contribution in [3.8, 4) is 0 Å². The molecule has 18 heavy (non-hydrogen) atoms. The van der Waals surface area contributed by atoms with Gasteiger partial charge < -0.3 is 4.90 Å². The summed E-state index contributed by atoms with van der Waals surface area (Å²) in [5, 5.41) is 8.39. The van der Waals surface area contributed by atoms with Gasteiger partial charge in [0, 0.05) is 19.3 Å². The molecule has 0 heterocycles. The highest BCUT2D eigenvalue weighted by Gasteiger charge is 1.97. The van der Waals surface area contributed by atoms with Crippen LogP contribution >= 0.6 is 0 Å². The Hall–Kier alpha value is -2.16. The summed E-state index contributed by atoms with van der Waals surface area (Å²) in [5.41, 5.74) is 2.93. The quantitative estimate of drug-likeness (QED) is 0.719. The molecule has 0 unspecified atom stereocenters. The van der Waals surface area contributed by atoms with E-state index in [-0.39, 0.29) is 0 Å². The lowest BCUT2D eigenvalue weighted by Crippen LogP contribution is -2.15. The van der Waals surface area contributed by atoms with Gasteiger partial charge in [-0.15, -0.1) is 0 Å². The zero-order chi connectivity index (χ0) is 12.8. The highest BCUT2D eigenvalue weighted by molar-refractivity contribution is 5.52. The second-order valence-corrected chi connectivity index (χ2v) is 4.07. The van der Waals surface area contributed by atoms with Crippen LogP contribution in [0.4, 0.5) is 17.1 Å². The largest absolute Gasteiger partial charge is 0.375 e. The van der Waals surface area contributed by atoms with E-state index in [2.05, 4.69) is 41.2 Å². The second kappa shape index (κ2) is 5.96. The number of hydrogen-bond donors (Lipinski definition) is 0. The van der Waals surface area contributed by atoms with Crippen molar-refractivity contribution in [3.05, 3.63) is 54.6 Å². The van der Waals surface area contributed by atoms with Crippen LogP contribution in [-0.2, 0) is 0 Å². The zero-order valence-electron chi connectivity index (χ0n) is 10.7. The van der Waals surface area contributed by atoms with E-state index in [1.54, 1.807) is 0 Å². The Morgan fingerprint density at radius 1 is 0.833 bits per heavy atom. The van der Waals surface area contributed by atoms with Gasteiger partial charge in [-0.1, -0.05) is 18.2 Å². The molecule has 0 atom stereocenters.